The van der Waals surface area contributed by atoms with E-state index in [-0.39, 0.29) is 23.8 Å². The van der Waals surface area contributed by atoms with Crippen LogP contribution in [0.25, 0.3) is 0 Å². The van der Waals surface area contributed by atoms with E-state index in [1.807, 2.05) is 20.8 Å². The largest absolute Gasteiger partial charge is 0.391 e. The van der Waals surface area contributed by atoms with Gasteiger partial charge in [0.05, 0.1) is 18.1 Å². The number of carbonyl (C=O) groups is 1. The Bertz CT molecular complexity index is 325. The molecule has 0 aromatic heterocycles. The summed E-state index contributed by atoms with van der Waals surface area (Å²) in [5.41, 5.74) is 0.888. The first kappa shape index (κ1) is 11.6. The van der Waals surface area contributed by atoms with Crippen LogP contribution in [0.15, 0.2) is 5.10 Å². The molecular formula is C12H20N2O2. The molecule has 4 heteroatoms. The van der Waals surface area contributed by atoms with Crippen LogP contribution in [0.4, 0.5) is 0 Å². The van der Waals surface area contributed by atoms with E-state index in [0.29, 0.717) is 0 Å². The van der Waals surface area contributed by atoms with Gasteiger partial charge in [-0.25, -0.2) is 5.01 Å². The molecule has 1 fully saturated rings. The Morgan fingerprint density at radius 3 is 2.56 bits per heavy atom. The average Bonchev–Trinajstić information content (AvgIpc) is 2.70. The molecule has 0 aromatic rings. The van der Waals surface area contributed by atoms with Crippen molar-refractivity contribution in [3.05, 3.63) is 0 Å². The highest BCUT2D eigenvalue weighted by atomic mass is 16.3. The molecule has 1 amide bonds. The summed E-state index contributed by atoms with van der Waals surface area (Å²) in [6.07, 6.45) is 2.24. The lowest BCUT2D eigenvalue weighted by molar-refractivity contribution is -0.136. The van der Waals surface area contributed by atoms with Crippen LogP contribution in [0.1, 0.15) is 40.0 Å². The molecule has 16 heavy (non-hydrogen) atoms. The first-order valence-corrected chi connectivity index (χ1v) is 6.08. The molecule has 1 heterocycles. The fourth-order valence-corrected chi connectivity index (χ4v) is 2.81. The zero-order chi connectivity index (χ0) is 11.9. The predicted octanol–water partition coefficient (Wildman–Crippen LogP) is 1.39. The molecule has 0 saturated heterocycles. The molecule has 0 aromatic carbocycles. The number of nitrogens with zero attached hydrogens (tertiary/aromatic N) is 2. The minimum atomic E-state index is -0.397. The van der Waals surface area contributed by atoms with Crippen molar-refractivity contribution in [3.63, 3.8) is 0 Å². The quantitative estimate of drug-likeness (QED) is 0.770. The van der Waals surface area contributed by atoms with E-state index in [2.05, 4.69) is 5.10 Å². The van der Waals surface area contributed by atoms with Crippen LogP contribution >= 0.6 is 0 Å². The van der Waals surface area contributed by atoms with Crippen molar-refractivity contribution in [1.82, 2.24) is 5.01 Å². The summed E-state index contributed by atoms with van der Waals surface area (Å²) >= 11 is 0. The summed E-state index contributed by atoms with van der Waals surface area (Å²) in [7, 11) is 0. The monoisotopic (exact) mass is 224 g/mol. The standard InChI is InChI=1S/C12H20N2O2/c1-7(2)11-8(3)13-14(12(11)16)9-5-4-6-10(9)15/h7,9-11,15H,4-6H2,1-3H3. The van der Waals surface area contributed by atoms with Gasteiger partial charge in [-0.05, 0) is 32.1 Å². The van der Waals surface area contributed by atoms with E-state index in [1.165, 1.54) is 5.01 Å². The summed E-state index contributed by atoms with van der Waals surface area (Å²) in [6.45, 7) is 5.98. The highest BCUT2D eigenvalue weighted by Gasteiger charge is 2.42. The van der Waals surface area contributed by atoms with E-state index >= 15 is 0 Å². The number of aliphatic hydroxyl groups excluding tert-OH is 1. The first-order chi connectivity index (χ1) is 7.52. The van der Waals surface area contributed by atoms with Gasteiger partial charge in [0.1, 0.15) is 0 Å². The third-order valence-electron chi connectivity index (χ3n) is 3.63. The second-order valence-electron chi connectivity index (χ2n) is 5.21. The molecule has 4 nitrogen and oxygen atoms in total. The average molecular weight is 224 g/mol. The van der Waals surface area contributed by atoms with Crippen LogP contribution in [0.2, 0.25) is 0 Å². The van der Waals surface area contributed by atoms with Crippen molar-refractivity contribution in [2.24, 2.45) is 16.9 Å². The minimum absolute atomic E-state index is 0.0680. The number of hydrogen-bond acceptors (Lipinski definition) is 3. The van der Waals surface area contributed by atoms with Gasteiger partial charge < -0.3 is 5.11 Å². The van der Waals surface area contributed by atoms with Gasteiger partial charge in [0, 0.05) is 5.71 Å². The summed E-state index contributed by atoms with van der Waals surface area (Å²) < 4.78 is 0. The molecule has 1 N–H and O–H groups in total. The smallest absolute Gasteiger partial charge is 0.252 e. The van der Waals surface area contributed by atoms with Crippen LogP contribution in [0.5, 0.6) is 0 Å². The maximum absolute atomic E-state index is 12.2. The Morgan fingerprint density at radius 1 is 1.44 bits per heavy atom. The third-order valence-corrected chi connectivity index (χ3v) is 3.63. The molecule has 1 aliphatic heterocycles. The van der Waals surface area contributed by atoms with E-state index in [4.69, 9.17) is 0 Å². The van der Waals surface area contributed by atoms with Gasteiger partial charge in [-0.3, -0.25) is 4.79 Å². The van der Waals surface area contributed by atoms with Gasteiger partial charge in [-0.15, -0.1) is 0 Å². The van der Waals surface area contributed by atoms with Crippen molar-refractivity contribution in [2.45, 2.75) is 52.2 Å². The van der Waals surface area contributed by atoms with Crippen LogP contribution in [-0.4, -0.2) is 33.9 Å². The fraction of sp³-hybridized carbons (Fsp3) is 0.833. The summed E-state index contributed by atoms with van der Waals surface area (Å²) in [4.78, 5) is 12.2. The topological polar surface area (TPSA) is 52.9 Å². The fourth-order valence-electron chi connectivity index (χ4n) is 2.81. The molecule has 0 radical (unpaired) electrons. The van der Waals surface area contributed by atoms with E-state index in [9.17, 15) is 9.90 Å². The van der Waals surface area contributed by atoms with Gasteiger partial charge in [-0.2, -0.15) is 5.10 Å². The van der Waals surface area contributed by atoms with Crippen molar-refractivity contribution in [1.29, 1.82) is 0 Å². The Morgan fingerprint density at radius 2 is 2.12 bits per heavy atom. The van der Waals surface area contributed by atoms with Gasteiger partial charge in [0.25, 0.3) is 5.91 Å². The molecule has 0 bridgehead atoms. The van der Waals surface area contributed by atoms with Crippen molar-refractivity contribution in [2.75, 3.05) is 0 Å². The van der Waals surface area contributed by atoms with Crippen LogP contribution < -0.4 is 0 Å². The number of aliphatic hydroxyl groups is 1. The molecule has 90 valence electrons. The van der Waals surface area contributed by atoms with E-state index < -0.39 is 6.10 Å². The molecule has 1 saturated carbocycles. The summed E-state index contributed by atoms with van der Waals surface area (Å²) in [5, 5.41) is 15.7. The normalized spacial score (nSPS) is 35.1. The maximum Gasteiger partial charge on any atom is 0.252 e. The van der Waals surface area contributed by atoms with Crippen molar-refractivity contribution < 1.29 is 9.90 Å². The number of amides is 1. The Balaban J connectivity index is 2.17. The molecule has 3 unspecified atom stereocenters. The second kappa shape index (κ2) is 4.17. The zero-order valence-electron chi connectivity index (χ0n) is 10.2. The Kier molecular flexibility index (Phi) is 3.02. The number of hydrazone groups is 1. The van der Waals surface area contributed by atoms with Crippen LogP contribution in [-0.2, 0) is 4.79 Å². The van der Waals surface area contributed by atoms with E-state index in [1.54, 1.807) is 0 Å². The number of rotatable bonds is 2. The van der Waals surface area contributed by atoms with Crippen LogP contribution in [0, 0.1) is 11.8 Å². The van der Waals surface area contributed by atoms with Gasteiger partial charge >= 0.3 is 0 Å². The van der Waals surface area contributed by atoms with Gasteiger partial charge in [0.15, 0.2) is 0 Å². The second-order valence-corrected chi connectivity index (χ2v) is 5.21. The van der Waals surface area contributed by atoms with E-state index in [0.717, 1.165) is 25.0 Å². The van der Waals surface area contributed by atoms with Gasteiger partial charge in [-0.1, -0.05) is 13.8 Å². The molecule has 2 rings (SSSR count). The summed E-state index contributed by atoms with van der Waals surface area (Å²) in [6, 6.07) is -0.0915. The molecule has 0 spiro atoms. The highest BCUT2D eigenvalue weighted by Crippen LogP contribution is 2.31. The molecule has 1 aliphatic carbocycles. The third kappa shape index (κ3) is 1.75. The molecule has 3 atom stereocenters. The Labute approximate surface area is 96.3 Å². The molecular weight excluding hydrogens is 204 g/mol. The molecule has 2 aliphatic rings. The SMILES string of the molecule is CC1=NN(C2CCCC2O)C(=O)C1C(C)C. The highest BCUT2D eigenvalue weighted by molar-refractivity contribution is 6.07. The predicted molar refractivity (Wildman–Crippen MR) is 61.9 cm³/mol. The zero-order valence-corrected chi connectivity index (χ0v) is 10.2. The lowest BCUT2D eigenvalue weighted by Crippen LogP contribution is -2.41. The van der Waals surface area contributed by atoms with Gasteiger partial charge in [0.2, 0.25) is 0 Å². The number of hydrogen-bond donors (Lipinski definition) is 1. The Hall–Kier alpha value is -0.900. The lowest BCUT2D eigenvalue weighted by atomic mass is 9.91. The lowest BCUT2D eigenvalue weighted by Gasteiger charge is -2.24. The van der Waals surface area contributed by atoms with Crippen molar-refractivity contribution in [3.8, 4) is 0 Å². The minimum Gasteiger partial charge on any atom is -0.391 e. The van der Waals surface area contributed by atoms with Crippen LogP contribution in [0.3, 0.4) is 0 Å². The maximum atomic E-state index is 12.2. The first-order valence-electron chi connectivity index (χ1n) is 6.08. The number of carbonyl (C=O) groups excluding carboxylic acids is 1. The summed E-state index contributed by atoms with van der Waals surface area (Å²) in [5.74, 6) is 0.256. The van der Waals surface area contributed by atoms with Crippen molar-refractivity contribution >= 4 is 11.6 Å².